The standard InChI is InChI=1S/C23H32N4O2S.2ClH/c1-15-11-26(17(9-24-15)13-29-5)12-22(28)27-14-23(3,4)18-10-25-19(8-20(18)27)21-7-6-16(2)30-21;;/h6-8,10,15,17,24H,9,11-14H2,1-5H3;2*1H/t15-,17-;;/m1../s1. The van der Waals surface area contributed by atoms with Crippen molar-refractivity contribution in [2.45, 2.75) is 45.2 Å². The van der Waals surface area contributed by atoms with Gasteiger partial charge in [0.15, 0.2) is 0 Å². The van der Waals surface area contributed by atoms with Crippen LogP contribution in [0.4, 0.5) is 5.69 Å². The summed E-state index contributed by atoms with van der Waals surface area (Å²) in [6.45, 7) is 12.1. The van der Waals surface area contributed by atoms with Gasteiger partial charge in [-0.15, -0.1) is 36.2 Å². The molecule has 6 nitrogen and oxygen atoms in total. The van der Waals surface area contributed by atoms with Crippen LogP contribution < -0.4 is 10.2 Å². The van der Waals surface area contributed by atoms with Crippen LogP contribution in [-0.4, -0.2) is 67.8 Å². The molecule has 1 saturated heterocycles. The van der Waals surface area contributed by atoms with Crippen LogP contribution >= 0.6 is 36.2 Å². The largest absolute Gasteiger partial charge is 0.383 e. The fourth-order valence-corrected chi connectivity index (χ4v) is 5.36. The summed E-state index contributed by atoms with van der Waals surface area (Å²) in [6, 6.07) is 6.90. The monoisotopic (exact) mass is 500 g/mol. The molecule has 4 heterocycles. The van der Waals surface area contributed by atoms with Crippen molar-refractivity contribution in [1.82, 2.24) is 15.2 Å². The van der Waals surface area contributed by atoms with Gasteiger partial charge in [-0.3, -0.25) is 14.7 Å². The number of piperazine rings is 1. The van der Waals surface area contributed by atoms with Crippen LogP contribution in [0.5, 0.6) is 0 Å². The van der Waals surface area contributed by atoms with E-state index in [-0.39, 0.29) is 42.2 Å². The van der Waals surface area contributed by atoms with Gasteiger partial charge in [-0.25, -0.2) is 0 Å². The lowest BCUT2D eigenvalue weighted by atomic mass is 9.88. The summed E-state index contributed by atoms with van der Waals surface area (Å²) >= 11 is 1.74. The number of thiophene rings is 1. The third kappa shape index (κ3) is 5.46. The Morgan fingerprint density at radius 1 is 1.34 bits per heavy atom. The molecule has 1 N–H and O–H groups in total. The predicted molar refractivity (Wildman–Crippen MR) is 137 cm³/mol. The van der Waals surface area contributed by atoms with Gasteiger partial charge in [-0.2, -0.15) is 0 Å². The second kappa shape index (κ2) is 10.8. The molecular formula is C23H34Cl2N4O2S. The van der Waals surface area contributed by atoms with Crippen molar-refractivity contribution >= 4 is 47.7 Å². The van der Waals surface area contributed by atoms with E-state index >= 15 is 0 Å². The summed E-state index contributed by atoms with van der Waals surface area (Å²) in [7, 11) is 1.72. The molecule has 4 rings (SSSR count). The van der Waals surface area contributed by atoms with Gasteiger partial charge in [0.05, 0.1) is 29.4 Å². The van der Waals surface area contributed by atoms with Gasteiger partial charge in [0.25, 0.3) is 0 Å². The molecule has 0 unspecified atom stereocenters. The minimum Gasteiger partial charge on any atom is -0.383 e. The fourth-order valence-electron chi connectivity index (χ4n) is 4.53. The maximum atomic E-state index is 13.5. The molecule has 1 amide bonds. The normalized spacial score (nSPS) is 22.1. The number of nitrogens with zero attached hydrogens (tertiary/aromatic N) is 3. The molecule has 2 atom stereocenters. The number of aromatic nitrogens is 1. The number of fused-ring (bicyclic) bond motifs is 1. The van der Waals surface area contributed by atoms with Crippen molar-refractivity contribution < 1.29 is 9.53 Å². The Morgan fingerprint density at radius 2 is 2.09 bits per heavy atom. The molecule has 2 aromatic rings. The average molecular weight is 502 g/mol. The molecule has 2 aliphatic heterocycles. The van der Waals surface area contributed by atoms with E-state index in [1.165, 1.54) is 4.88 Å². The van der Waals surface area contributed by atoms with Crippen LogP contribution in [0.3, 0.4) is 0 Å². The van der Waals surface area contributed by atoms with Crippen molar-refractivity contribution in [2.24, 2.45) is 0 Å². The van der Waals surface area contributed by atoms with Gasteiger partial charge in [-0.05, 0) is 32.0 Å². The number of nitrogens with one attached hydrogen (secondary N) is 1. The van der Waals surface area contributed by atoms with Crippen LogP contribution in [0.1, 0.15) is 31.2 Å². The maximum absolute atomic E-state index is 13.5. The molecule has 9 heteroatoms. The first-order chi connectivity index (χ1) is 14.3. The first-order valence-electron chi connectivity index (χ1n) is 10.6. The summed E-state index contributed by atoms with van der Waals surface area (Å²) in [6.07, 6.45) is 1.97. The van der Waals surface area contributed by atoms with E-state index in [1.807, 2.05) is 11.1 Å². The molecule has 0 aliphatic carbocycles. The van der Waals surface area contributed by atoms with E-state index in [9.17, 15) is 4.79 Å². The lowest BCUT2D eigenvalue weighted by Gasteiger charge is -2.39. The van der Waals surface area contributed by atoms with E-state index in [2.05, 4.69) is 56.1 Å². The van der Waals surface area contributed by atoms with Crippen molar-refractivity contribution in [1.29, 1.82) is 0 Å². The number of carbonyl (C=O) groups excluding carboxylic acids is 1. The molecule has 0 saturated carbocycles. The van der Waals surface area contributed by atoms with Crippen molar-refractivity contribution in [2.75, 3.05) is 44.8 Å². The zero-order chi connectivity index (χ0) is 21.5. The number of hydrogen-bond acceptors (Lipinski definition) is 6. The minimum absolute atomic E-state index is 0. The van der Waals surface area contributed by atoms with E-state index in [0.717, 1.165) is 34.9 Å². The average Bonchev–Trinajstić information content (AvgIpc) is 3.25. The van der Waals surface area contributed by atoms with E-state index in [1.54, 1.807) is 18.4 Å². The Morgan fingerprint density at radius 3 is 2.75 bits per heavy atom. The number of hydrogen-bond donors (Lipinski definition) is 1. The van der Waals surface area contributed by atoms with Crippen molar-refractivity contribution in [3.8, 4) is 10.6 Å². The highest BCUT2D eigenvalue weighted by molar-refractivity contribution is 7.15. The van der Waals surface area contributed by atoms with E-state index in [0.29, 0.717) is 25.7 Å². The summed E-state index contributed by atoms with van der Waals surface area (Å²) in [5.41, 5.74) is 2.99. The molecule has 178 valence electrons. The Labute approximate surface area is 207 Å². The number of aryl methyl sites for hydroxylation is 1. The molecule has 2 aromatic heterocycles. The first-order valence-corrected chi connectivity index (χ1v) is 11.4. The molecule has 2 aliphatic rings. The van der Waals surface area contributed by atoms with Gasteiger partial charge in [0.1, 0.15) is 0 Å². The number of ether oxygens (including phenoxy) is 1. The number of carbonyl (C=O) groups is 1. The summed E-state index contributed by atoms with van der Waals surface area (Å²) in [5, 5.41) is 3.49. The topological polar surface area (TPSA) is 57.7 Å². The third-order valence-corrected chi connectivity index (χ3v) is 7.20. The highest BCUT2D eigenvalue weighted by Gasteiger charge is 2.39. The lowest BCUT2D eigenvalue weighted by Crippen LogP contribution is -2.59. The van der Waals surface area contributed by atoms with Crippen molar-refractivity contribution in [3.63, 3.8) is 0 Å². The first kappa shape index (κ1) is 27.0. The highest BCUT2D eigenvalue weighted by atomic mass is 35.5. The van der Waals surface area contributed by atoms with Crippen molar-refractivity contribution in [3.05, 3.63) is 34.8 Å². The van der Waals surface area contributed by atoms with Crippen LogP contribution in [0, 0.1) is 6.92 Å². The summed E-state index contributed by atoms with van der Waals surface area (Å²) < 4.78 is 5.40. The second-order valence-electron chi connectivity index (χ2n) is 9.21. The zero-order valence-corrected chi connectivity index (χ0v) is 21.8. The van der Waals surface area contributed by atoms with Gasteiger partial charge in [0.2, 0.25) is 5.91 Å². The number of halogens is 2. The quantitative estimate of drug-likeness (QED) is 0.674. The molecule has 32 heavy (non-hydrogen) atoms. The maximum Gasteiger partial charge on any atom is 0.241 e. The van der Waals surface area contributed by atoms with Crippen LogP contribution in [0.15, 0.2) is 24.4 Å². The Kier molecular flexibility index (Phi) is 9.13. The Hall–Kier alpha value is -1.22. The molecule has 0 aromatic carbocycles. The van der Waals surface area contributed by atoms with Crippen LogP contribution in [0.2, 0.25) is 0 Å². The van der Waals surface area contributed by atoms with Gasteiger partial charge in [-0.1, -0.05) is 13.8 Å². The van der Waals surface area contributed by atoms with Gasteiger partial charge < -0.3 is 15.0 Å². The summed E-state index contributed by atoms with van der Waals surface area (Å²) in [5.74, 6) is 0.150. The summed E-state index contributed by atoms with van der Waals surface area (Å²) in [4.78, 5) is 24.8. The number of amides is 1. The van der Waals surface area contributed by atoms with Crippen LogP contribution in [0.25, 0.3) is 10.6 Å². The number of rotatable bonds is 5. The van der Waals surface area contributed by atoms with Gasteiger partial charge in [0, 0.05) is 60.9 Å². The van der Waals surface area contributed by atoms with Crippen LogP contribution in [-0.2, 0) is 14.9 Å². The minimum atomic E-state index is -0.107. The fraction of sp³-hybridized carbons (Fsp3) is 0.565. The van der Waals surface area contributed by atoms with E-state index < -0.39 is 0 Å². The SMILES string of the molecule is COC[C@H]1CN[C@H](C)CN1CC(=O)N1CC(C)(C)c2cnc(-c3ccc(C)s3)cc21.Cl.Cl. The van der Waals surface area contributed by atoms with E-state index in [4.69, 9.17) is 9.72 Å². The number of methoxy groups -OCH3 is 1. The number of pyridine rings is 1. The zero-order valence-electron chi connectivity index (χ0n) is 19.4. The Balaban J connectivity index is 0.00000181. The molecule has 0 spiro atoms. The Bertz CT molecular complexity index is 936. The molecule has 0 bridgehead atoms. The number of anilines is 1. The smallest absolute Gasteiger partial charge is 0.241 e. The predicted octanol–water partition coefficient (Wildman–Crippen LogP) is 3.90. The lowest BCUT2D eigenvalue weighted by molar-refractivity contribution is -0.121. The van der Waals surface area contributed by atoms with Gasteiger partial charge >= 0.3 is 0 Å². The molecular weight excluding hydrogens is 467 g/mol. The second-order valence-corrected chi connectivity index (χ2v) is 10.5. The molecule has 0 radical (unpaired) electrons. The third-order valence-electron chi connectivity index (χ3n) is 6.17. The highest BCUT2D eigenvalue weighted by Crippen LogP contribution is 2.42. The molecule has 1 fully saturated rings.